The maximum atomic E-state index is 10.3. The van der Waals surface area contributed by atoms with Crippen LogP contribution in [0.3, 0.4) is 0 Å². The summed E-state index contributed by atoms with van der Waals surface area (Å²) in [6, 6.07) is 7.76. The van der Waals surface area contributed by atoms with E-state index in [4.69, 9.17) is 10.8 Å². The molecule has 0 fully saturated rings. The number of benzene rings is 1. The largest absolute Gasteiger partial charge is 0.594 e. The molecule has 1 rings (SSSR count). The Morgan fingerprint density at radius 2 is 1.91 bits per heavy atom. The zero-order chi connectivity index (χ0) is 8.27. The van der Waals surface area contributed by atoms with Crippen LogP contribution in [0.1, 0.15) is 5.56 Å². The van der Waals surface area contributed by atoms with Crippen LogP contribution < -0.4 is 0 Å². The van der Waals surface area contributed by atoms with E-state index in [9.17, 15) is 5.21 Å². The van der Waals surface area contributed by atoms with Crippen LogP contribution in [-0.2, 0) is 0 Å². The molecule has 0 unspecified atom stereocenters. The van der Waals surface area contributed by atoms with Gasteiger partial charge in [0.1, 0.15) is 0 Å². The van der Waals surface area contributed by atoms with Gasteiger partial charge in [0.15, 0.2) is 0 Å². The molecule has 0 amide bonds. The van der Waals surface area contributed by atoms with Crippen molar-refractivity contribution >= 4 is 5.69 Å². The number of nitriles is 1. The topological polar surface area (TPSA) is 73.7 Å². The first-order chi connectivity index (χ1) is 5.24. The van der Waals surface area contributed by atoms with Crippen LogP contribution in [0.15, 0.2) is 24.3 Å². The molecule has 1 aromatic rings. The molecule has 0 aliphatic rings. The lowest BCUT2D eigenvalue weighted by Crippen LogP contribution is -1.86. The monoisotopic (exact) mass is 147 g/mol. The fraction of sp³-hybridized carbons (Fsp3) is 0. The molecule has 0 atom stereocenters. The molecule has 0 radical (unpaired) electrons. The average Bonchev–Trinajstić information content (AvgIpc) is 2.05. The molecular formula is C7H5N3O. The Balaban J connectivity index is 3.03. The SMILES string of the molecule is N#Cc1ccc([N+](=N)[O-])cc1. The number of nitrogens with zero attached hydrogens (tertiary/aromatic N) is 2. The molecule has 0 aliphatic carbocycles. The first kappa shape index (κ1) is 7.22. The van der Waals surface area contributed by atoms with Gasteiger partial charge in [0.05, 0.1) is 11.6 Å². The highest BCUT2D eigenvalue weighted by atomic mass is 16.5. The predicted octanol–water partition coefficient (Wildman–Crippen LogP) is 1.73. The molecule has 11 heavy (non-hydrogen) atoms. The van der Waals surface area contributed by atoms with E-state index in [0.717, 1.165) is 0 Å². The van der Waals surface area contributed by atoms with E-state index in [1.54, 1.807) is 0 Å². The molecule has 0 saturated heterocycles. The summed E-state index contributed by atoms with van der Waals surface area (Å²) < 4.78 is 0. The van der Waals surface area contributed by atoms with E-state index in [2.05, 4.69) is 0 Å². The van der Waals surface area contributed by atoms with E-state index in [0.29, 0.717) is 5.56 Å². The predicted molar refractivity (Wildman–Crippen MR) is 37.2 cm³/mol. The highest BCUT2D eigenvalue weighted by molar-refractivity contribution is 5.37. The van der Waals surface area contributed by atoms with Crippen molar-refractivity contribution in [2.45, 2.75) is 0 Å². The molecule has 0 saturated carbocycles. The third kappa shape index (κ3) is 1.52. The molecule has 54 valence electrons. The Morgan fingerprint density at radius 3 is 2.27 bits per heavy atom. The van der Waals surface area contributed by atoms with Crippen molar-refractivity contribution in [1.82, 2.24) is 0 Å². The van der Waals surface area contributed by atoms with E-state index in [1.165, 1.54) is 24.3 Å². The lowest BCUT2D eigenvalue weighted by atomic mass is 10.2. The van der Waals surface area contributed by atoms with Gasteiger partial charge in [-0.2, -0.15) is 5.26 Å². The molecule has 0 bridgehead atoms. The molecule has 0 heterocycles. The third-order valence-electron chi connectivity index (χ3n) is 1.23. The summed E-state index contributed by atoms with van der Waals surface area (Å²) >= 11 is 0. The number of hydrogen-bond acceptors (Lipinski definition) is 3. The first-order valence-electron chi connectivity index (χ1n) is 2.92. The summed E-state index contributed by atoms with van der Waals surface area (Å²) in [6.45, 7) is 0. The summed E-state index contributed by atoms with van der Waals surface area (Å²) in [7, 11) is 0. The van der Waals surface area contributed by atoms with Crippen LogP contribution in [0, 0.1) is 22.1 Å². The van der Waals surface area contributed by atoms with E-state index < -0.39 is 0 Å². The molecular weight excluding hydrogens is 142 g/mol. The average molecular weight is 147 g/mol. The van der Waals surface area contributed by atoms with E-state index in [1.807, 2.05) is 6.07 Å². The minimum absolute atomic E-state index is 0.00115. The first-order valence-corrected chi connectivity index (χ1v) is 2.92. The van der Waals surface area contributed by atoms with Crippen LogP contribution in [0.4, 0.5) is 5.69 Å². The van der Waals surface area contributed by atoms with Gasteiger partial charge in [-0.05, 0) is 17.7 Å². The molecule has 0 aliphatic heterocycles. The number of hydrogen-bond donors (Lipinski definition) is 1. The van der Waals surface area contributed by atoms with Crippen molar-refractivity contribution in [2.24, 2.45) is 0 Å². The Labute approximate surface area is 63.4 Å². The standard InChI is InChI=1S/C7H5N3O/c8-5-6-1-3-7(4-2-6)10(9)11/h1-4,9H. The highest BCUT2D eigenvalue weighted by Gasteiger charge is 1.98. The molecule has 0 spiro atoms. The smallest absolute Gasteiger partial charge is 0.244 e. The third-order valence-corrected chi connectivity index (χ3v) is 1.23. The van der Waals surface area contributed by atoms with Crippen molar-refractivity contribution in [3.05, 3.63) is 35.0 Å². The van der Waals surface area contributed by atoms with Crippen LogP contribution >= 0.6 is 0 Å². The molecule has 1 N–H and O–H groups in total. The van der Waals surface area contributed by atoms with Crippen molar-refractivity contribution in [3.8, 4) is 6.07 Å². The lowest BCUT2D eigenvalue weighted by Gasteiger charge is -1.94. The van der Waals surface area contributed by atoms with Crippen molar-refractivity contribution in [3.63, 3.8) is 0 Å². The maximum absolute atomic E-state index is 10.3. The zero-order valence-corrected chi connectivity index (χ0v) is 5.61. The van der Waals surface area contributed by atoms with Gasteiger partial charge in [0.25, 0.3) is 0 Å². The molecule has 1 aromatic carbocycles. The Kier molecular flexibility index (Phi) is 1.83. The fourth-order valence-electron chi connectivity index (χ4n) is 0.671. The van der Waals surface area contributed by atoms with E-state index >= 15 is 0 Å². The van der Waals surface area contributed by atoms with Gasteiger partial charge in [0, 0.05) is 12.1 Å². The van der Waals surface area contributed by atoms with Gasteiger partial charge < -0.3 is 5.21 Å². The van der Waals surface area contributed by atoms with Gasteiger partial charge >= 0.3 is 0 Å². The normalized spacial score (nSPS) is 8.64. The van der Waals surface area contributed by atoms with Gasteiger partial charge in [-0.1, -0.05) is 4.86 Å². The Morgan fingerprint density at radius 1 is 1.36 bits per heavy atom. The van der Waals surface area contributed by atoms with Crippen molar-refractivity contribution in [2.75, 3.05) is 0 Å². The van der Waals surface area contributed by atoms with Gasteiger partial charge in [-0.25, -0.2) is 0 Å². The summed E-state index contributed by atoms with van der Waals surface area (Å²) in [6.07, 6.45) is 0. The second-order valence-electron chi connectivity index (χ2n) is 1.95. The Bertz CT molecular complexity index is 309. The summed E-state index contributed by atoms with van der Waals surface area (Å²) in [5, 5.41) is 18.7. The van der Waals surface area contributed by atoms with Gasteiger partial charge in [0.2, 0.25) is 5.69 Å². The summed E-state index contributed by atoms with van der Waals surface area (Å²) in [4.78, 5) is 0.00115. The van der Waals surface area contributed by atoms with Crippen LogP contribution in [0.25, 0.3) is 0 Å². The van der Waals surface area contributed by atoms with Crippen LogP contribution in [-0.4, -0.2) is 4.86 Å². The maximum Gasteiger partial charge on any atom is 0.244 e. The summed E-state index contributed by atoms with van der Waals surface area (Å²) in [5.74, 6) is 0. The van der Waals surface area contributed by atoms with Gasteiger partial charge in [-0.15, -0.1) is 0 Å². The second kappa shape index (κ2) is 2.80. The molecule has 0 aromatic heterocycles. The lowest BCUT2D eigenvalue weighted by molar-refractivity contribution is -0.465. The molecule has 4 nitrogen and oxygen atoms in total. The number of rotatable bonds is 1. The van der Waals surface area contributed by atoms with Gasteiger partial charge in [-0.3, -0.25) is 0 Å². The second-order valence-corrected chi connectivity index (χ2v) is 1.95. The Hall–Kier alpha value is -1.89. The molecule has 4 heteroatoms. The minimum Gasteiger partial charge on any atom is -0.594 e. The van der Waals surface area contributed by atoms with Crippen molar-refractivity contribution < 1.29 is 4.86 Å². The fourth-order valence-corrected chi connectivity index (χ4v) is 0.671. The van der Waals surface area contributed by atoms with Crippen molar-refractivity contribution in [1.29, 1.82) is 10.8 Å². The van der Waals surface area contributed by atoms with E-state index in [-0.39, 0.29) is 10.5 Å². The summed E-state index contributed by atoms with van der Waals surface area (Å²) in [5.41, 5.74) is 7.35. The minimum atomic E-state index is 0.00115. The van der Waals surface area contributed by atoms with Crippen LogP contribution in [0.5, 0.6) is 0 Å². The quantitative estimate of drug-likeness (QED) is 0.373. The number of nitrogens with one attached hydrogen (secondary N) is 1. The van der Waals surface area contributed by atoms with Crippen LogP contribution in [0.2, 0.25) is 0 Å². The zero-order valence-electron chi connectivity index (χ0n) is 5.61. The highest BCUT2D eigenvalue weighted by Crippen LogP contribution is 2.10.